The summed E-state index contributed by atoms with van der Waals surface area (Å²) in [5, 5.41) is 5.96. The fraction of sp³-hybridized carbons (Fsp3) is 0.500. The predicted octanol–water partition coefficient (Wildman–Crippen LogP) is 3.95. The van der Waals surface area contributed by atoms with Gasteiger partial charge in [0.05, 0.1) is 15.6 Å². The van der Waals surface area contributed by atoms with Gasteiger partial charge >= 0.3 is 0 Å². The van der Waals surface area contributed by atoms with E-state index in [9.17, 15) is 8.42 Å². The van der Waals surface area contributed by atoms with Crippen molar-refractivity contribution in [1.82, 2.24) is 9.88 Å². The quantitative estimate of drug-likeness (QED) is 0.731. The maximum Gasteiger partial charge on any atom is 0.263 e. The number of nitrogens with one attached hydrogen (secondary N) is 2. The SMILES string of the molecule is Cc1cc(NCC23CCCN2CCC3)c(Cl)cc1S(=O)(=O)Nc1nccs1. The Bertz CT molecular complexity index is 921. The smallest absolute Gasteiger partial charge is 0.263 e. The molecule has 3 heterocycles. The van der Waals surface area contributed by atoms with Crippen molar-refractivity contribution >= 4 is 43.8 Å². The van der Waals surface area contributed by atoms with Gasteiger partial charge in [0.2, 0.25) is 0 Å². The molecule has 2 aromatic rings. The third-order valence-electron chi connectivity index (χ3n) is 5.63. The summed E-state index contributed by atoms with van der Waals surface area (Å²) in [5.41, 5.74) is 1.67. The van der Waals surface area contributed by atoms with Crippen LogP contribution >= 0.6 is 22.9 Å². The van der Waals surface area contributed by atoms with E-state index in [0.717, 1.165) is 12.2 Å². The molecule has 27 heavy (non-hydrogen) atoms. The molecular formula is C18H23ClN4O2S2. The zero-order chi connectivity index (χ0) is 19.1. The average molecular weight is 427 g/mol. The van der Waals surface area contributed by atoms with Crippen LogP contribution in [0.2, 0.25) is 5.02 Å². The lowest BCUT2D eigenvalue weighted by molar-refractivity contribution is 0.209. The van der Waals surface area contributed by atoms with Gasteiger partial charge in [-0.1, -0.05) is 11.6 Å². The van der Waals surface area contributed by atoms with Gasteiger partial charge in [-0.05, 0) is 63.4 Å². The summed E-state index contributed by atoms with van der Waals surface area (Å²) >= 11 is 7.67. The Labute approximate surface area is 169 Å². The molecule has 6 nitrogen and oxygen atoms in total. The van der Waals surface area contributed by atoms with Crippen molar-refractivity contribution in [2.45, 2.75) is 43.0 Å². The minimum Gasteiger partial charge on any atom is -0.382 e. The van der Waals surface area contributed by atoms with E-state index in [1.54, 1.807) is 18.5 Å². The normalized spacial score (nSPS) is 19.2. The molecule has 0 atom stereocenters. The van der Waals surface area contributed by atoms with Gasteiger partial charge in [0, 0.05) is 23.7 Å². The van der Waals surface area contributed by atoms with Gasteiger partial charge in [-0.3, -0.25) is 9.62 Å². The lowest BCUT2D eigenvalue weighted by atomic mass is 9.94. The molecule has 2 aliphatic heterocycles. The Balaban J connectivity index is 1.53. The van der Waals surface area contributed by atoms with E-state index in [1.807, 2.05) is 6.07 Å². The standard InChI is InChI=1S/C18H23ClN4O2S2/c1-13-10-15(21-12-18-4-2-7-23(18)8-3-5-18)14(19)11-16(13)27(24,25)22-17-20-6-9-26-17/h6,9-11,21H,2-5,7-8,12H2,1H3,(H,20,22). The minimum absolute atomic E-state index is 0.176. The van der Waals surface area contributed by atoms with Crippen LogP contribution in [0.1, 0.15) is 31.2 Å². The monoisotopic (exact) mass is 426 g/mol. The predicted molar refractivity (Wildman–Crippen MR) is 110 cm³/mol. The third kappa shape index (κ3) is 3.68. The zero-order valence-corrected chi connectivity index (χ0v) is 17.6. The summed E-state index contributed by atoms with van der Waals surface area (Å²) in [5.74, 6) is 0. The lowest BCUT2D eigenvalue weighted by Gasteiger charge is -2.32. The number of thiazole rings is 1. The van der Waals surface area contributed by atoms with Crippen LogP contribution in [-0.4, -0.2) is 43.5 Å². The van der Waals surface area contributed by atoms with E-state index >= 15 is 0 Å². The number of hydrogen-bond acceptors (Lipinski definition) is 6. The maximum absolute atomic E-state index is 12.7. The van der Waals surface area contributed by atoms with Crippen molar-refractivity contribution in [3.8, 4) is 0 Å². The number of nitrogens with zero attached hydrogens (tertiary/aromatic N) is 2. The van der Waals surface area contributed by atoms with Crippen LogP contribution in [0.15, 0.2) is 28.6 Å². The van der Waals surface area contributed by atoms with E-state index < -0.39 is 10.0 Å². The highest BCUT2D eigenvalue weighted by Gasteiger charge is 2.43. The van der Waals surface area contributed by atoms with E-state index in [2.05, 4.69) is 19.9 Å². The first-order chi connectivity index (χ1) is 12.9. The van der Waals surface area contributed by atoms with Crippen LogP contribution in [0.3, 0.4) is 0 Å². The topological polar surface area (TPSA) is 74.3 Å². The van der Waals surface area contributed by atoms with E-state index in [4.69, 9.17) is 11.6 Å². The number of sulfonamides is 1. The van der Waals surface area contributed by atoms with E-state index in [1.165, 1.54) is 56.2 Å². The van der Waals surface area contributed by atoms with Gasteiger partial charge in [0.25, 0.3) is 10.0 Å². The number of aryl methyl sites for hydroxylation is 1. The van der Waals surface area contributed by atoms with Crippen molar-refractivity contribution in [2.24, 2.45) is 0 Å². The van der Waals surface area contributed by atoms with Crippen LogP contribution in [0.4, 0.5) is 10.8 Å². The Morgan fingerprint density at radius 1 is 1.30 bits per heavy atom. The van der Waals surface area contributed by atoms with Gasteiger partial charge in [-0.15, -0.1) is 11.3 Å². The maximum atomic E-state index is 12.7. The second-order valence-electron chi connectivity index (χ2n) is 7.31. The summed E-state index contributed by atoms with van der Waals surface area (Å²) in [6.07, 6.45) is 6.47. The molecule has 2 N–H and O–H groups in total. The second-order valence-corrected chi connectivity index (χ2v) is 10.3. The molecule has 0 spiro atoms. The molecule has 2 saturated heterocycles. The van der Waals surface area contributed by atoms with Gasteiger partial charge in [0.1, 0.15) is 0 Å². The summed E-state index contributed by atoms with van der Waals surface area (Å²) < 4.78 is 27.8. The fourth-order valence-corrected chi connectivity index (χ4v) is 6.64. The first-order valence-corrected chi connectivity index (χ1v) is 11.9. The lowest BCUT2D eigenvalue weighted by Crippen LogP contribution is -2.44. The van der Waals surface area contributed by atoms with Gasteiger partial charge in [-0.25, -0.2) is 13.4 Å². The molecule has 2 aliphatic rings. The van der Waals surface area contributed by atoms with Gasteiger partial charge in [0.15, 0.2) is 5.13 Å². The summed E-state index contributed by atoms with van der Waals surface area (Å²) in [6, 6.07) is 3.34. The number of halogens is 1. The summed E-state index contributed by atoms with van der Waals surface area (Å²) in [6.45, 7) is 4.98. The van der Waals surface area contributed by atoms with E-state index in [0.29, 0.717) is 15.7 Å². The highest BCUT2D eigenvalue weighted by atomic mass is 35.5. The Hall–Kier alpha value is -1.35. The molecule has 0 bridgehead atoms. The fourth-order valence-electron chi connectivity index (χ4n) is 4.31. The molecular weight excluding hydrogens is 404 g/mol. The third-order valence-corrected chi connectivity index (χ3v) is 8.24. The number of aromatic nitrogens is 1. The first-order valence-electron chi connectivity index (χ1n) is 9.11. The van der Waals surface area contributed by atoms with E-state index in [-0.39, 0.29) is 10.4 Å². The van der Waals surface area contributed by atoms with Crippen LogP contribution in [-0.2, 0) is 10.0 Å². The number of rotatable bonds is 6. The Morgan fingerprint density at radius 2 is 2.04 bits per heavy atom. The molecule has 0 radical (unpaired) electrons. The van der Waals surface area contributed by atoms with Crippen molar-refractivity contribution in [3.05, 3.63) is 34.3 Å². The van der Waals surface area contributed by atoms with Crippen molar-refractivity contribution in [1.29, 1.82) is 0 Å². The highest BCUT2D eigenvalue weighted by molar-refractivity contribution is 7.93. The van der Waals surface area contributed by atoms with Gasteiger partial charge < -0.3 is 5.32 Å². The number of anilines is 2. The molecule has 0 unspecified atom stereocenters. The molecule has 0 aliphatic carbocycles. The van der Waals surface area contributed by atoms with Crippen LogP contribution in [0.5, 0.6) is 0 Å². The van der Waals surface area contributed by atoms with Crippen LogP contribution in [0, 0.1) is 6.92 Å². The van der Waals surface area contributed by atoms with Crippen molar-refractivity contribution in [2.75, 3.05) is 29.7 Å². The van der Waals surface area contributed by atoms with Crippen molar-refractivity contribution in [3.63, 3.8) is 0 Å². The number of benzene rings is 1. The minimum atomic E-state index is -3.72. The highest BCUT2D eigenvalue weighted by Crippen LogP contribution is 2.39. The molecule has 2 fully saturated rings. The molecule has 4 rings (SSSR count). The van der Waals surface area contributed by atoms with Gasteiger partial charge in [-0.2, -0.15) is 0 Å². The number of hydrogen-bond donors (Lipinski definition) is 2. The summed E-state index contributed by atoms with van der Waals surface area (Å²) in [4.78, 5) is 6.74. The molecule has 146 valence electrons. The largest absolute Gasteiger partial charge is 0.382 e. The Kier molecular flexibility index (Phi) is 5.09. The second kappa shape index (κ2) is 7.24. The summed E-state index contributed by atoms with van der Waals surface area (Å²) in [7, 11) is -3.72. The Morgan fingerprint density at radius 3 is 2.70 bits per heavy atom. The van der Waals surface area contributed by atoms with Crippen LogP contribution in [0.25, 0.3) is 0 Å². The zero-order valence-electron chi connectivity index (χ0n) is 15.2. The molecule has 1 aromatic heterocycles. The van der Waals surface area contributed by atoms with Crippen LogP contribution < -0.4 is 10.0 Å². The molecule has 0 amide bonds. The number of fused-ring (bicyclic) bond motifs is 1. The van der Waals surface area contributed by atoms with Crippen molar-refractivity contribution < 1.29 is 8.42 Å². The first kappa shape index (κ1) is 19.0. The molecule has 1 aromatic carbocycles. The average Bonchev–Trinajstić information content (AvgIpc) is 3.31. The molecule has 9 heteroatoms. The molecule has 0 saturated carbocycles.